The van der Waals surface area contributed by atoms with E-state index >= 15 is 0 Å². The summed E-state index contributed by atoms with van der Waals surface area (Å²) in [5.41, 5.74) is 2.00. The average Bonchev–Trinajstić information content (AvgIpc) is 2.73. The molecule has 5 nitrogen and oxygen atoms in total. The van der Waals surface area contributed by atoms with Crippen LogP contribution in [0.4, 0.5) is 10.1 Å². The number of carbonyl (C=O) groups is 1. The van der Waals surface area contributed by atoms with Crippen molar-refractivity contribution in [3.8, 4) is 0 Å². The smallest absolute Gasteiger partial charge is 0.264 e. The maximum atomic E-state index is 13.3. The number of rotatable bonds is 7. The Bertz CT molecular complexity index is 1120. The highest BCUT2D eigenvalue weighted by atomic mass is 32.2. The molecule has 0 aliphatic rings. The van der Waals surface area contributed by atoms with Crippen LogP contribution in [0.25, 0.3) is 0 Å². The molecule has 1 atom stereocenters. The van der Waals surface area contributed by atoms with Crippen LogP contribution in [0.3, 0.4) is 0 Å². The Hall–Kier alpha value is -3.19. The molecule has 1 unspecified atom stereocenters. The van der Waals surface area contributed by atoms with Gasteiger partial charge in [0.1, 0.15) is 12.4 Å². The van der Waals surface area contributed by atoms with Crippen LogP contribution in [0.15, 0.2) is 83.8 Å². The van der Waals surface area contributed by atoms with Crippen LogP contribution in [0.2, 0.25) is 0 Å². The van der Waals surface area contributed by atoms with Gasteiger partial charge in [0.25, 0.3) is 10.0 Å². The minimum absolute atomic E-state index is 0.103. The lowest BCUT2D eigenvalue weighted by molar-refractivity contribution is -0.120. The molecule has 7 heteroatoms. The molecule has 3 rings (SSSR count). The van der Waals surface area contributed by atoms with Crippen molar-refractivity contribution < 1.29 is 17.6 Å². The Kier molecular flexibility index (Phi) is 6.52. The van der Waals surface area contributed by atoms with Crippen molar-refractivity contribution >= 4 is 21.6 Å². The van der Waals surface area contributed by atoms with Crippen molar-refractivity contribution in [2.45, 2.75) is 24.8 Å². The van der Waals surface area contributed by atoms with Gasteiger partial charge < -0.3 is 5.32 Å². The number of nitrogens with zero attached hydrogens (tertiary/aromatic N) is 1. The standard InChI is InChI=1S/C23H23FN2O3S/c1-17-7-6-8-21(15-17)26(30(28,29)22-9-4-3-5-10-22)16-23(27)25-18(2)19-11-13-20(24)14-12-19/h3-15,18H,16H2,1-2H3,(H,25,27). The molecule has 3 aromatic rings. The number of nitrogens with one attached hydrogen (secondary N) is 1. The zero-order chi connectivity index (χ0) is 21.7. The largest absolute Gasteiger partial charge is 0.348 e. The first-order chi connectivity index (χ1) is 14.3. The summed E-state index contributed by atoms with van der Waals surface area (Å²) in [7, 11) is -3.95. The minimum Gasteiger partial charge on any atom is -0.348 e. The highest BCUT2D eigenvalue weighted by Gasteiger charge is 2.27. The number of carbonyl (C=O) groups excluding carboxylic acids is 1. The summed E-state index contributed by atoms with van der Waals surface area (Å²) in [5.74, 6) is -0.829. The van der Waals surface area contributed by atoms with Gasteiger partial charge in [-0.3, -0.25) is 9.10 Å². The summed E-state index contributed by atoms with van der Waals surface area (Å²) in [4.78, 5) is 12.9. The van der Waals surface area contributed by atoms with E-state index in [-0.39, 0.29) is 17.3 Å². The fourth-order valence-electron chi connectivity index (χ4n) is 3.07. The monoisotopic (exact) mass is 426 g/mol. The first-order valence-electron chi connectivity index (χ1n) is 9.46. The van der Waals surface area contributed by atoms with Crippen LogP contribution in [0, 0.1) is 12.7 Å². The van der Waals surface area contributed by atoms with Gasteiger partial charge in [-0.15, -0.1) is 0 Å². The molecular weight excluding hydrogens is 403 g/mol. The number of benzene rings is 3. The molecule has 0 saturated carbocycles. The van der Waals surface area contributed by atoms with Gasteiger partial charge in [-0.1, -0.05) is 42.5 Å². The number of aryl methyl sites for hydroxylation is 1. The van der Waals surface area contributed by atoms with Crippen molar-refractivity contribution in [1.82, 2.24) is 5.32 Å². The predicted molar refractivity (Wildman–Crippen MR) is 115 cm³/mol. The van der Waals surface area contributed by atoms with Crippen molar-refractivity contribution in [3.63, 3.8) is 0 Å². The lowest BCUT2D eigenvalue weighted by Crippen LogP contribution is -2.41. The van der Waals surface area contributed by atoms with Crippen molar-refractivity contribution in [2.75, 3.05) is 10.8 Å². The zero-order valence-electron chi connectivity index (χ0n) is 16.7. The van der Waals surface area contributed by atoms with Gasteiger partial charge in [-0.25, -0.2) is 12.8 Å². The fourth-order valence-corrected chi connectivity index (χ4v) is 4.50. The maximum Gasteiger partial charge on any atom is 0.264 e. The second-order valence-corrected chi connectivity index (χ2v) is 8.87. The number of sulfonamides is 1. The van der Waals surface area contributed by atoms with Crippen LogP contribution >= 0.6 is 0 Å². The Balaban J connectivity index is 1.87. The third-order valence-electron chi connectivity index (χ3n) is 4.66. The maximum absolute atomic E-state index is 13.3. The first kappa shape index (κ1) is 21.5. The first-order valence-corrected chi connectivity index (χ1v) is 10.9. The molecule has 0 heterocycles. The van der Waals surface area contributed by atoms with Crippen LogP contribution in [-0.4, -0.2) is 20.9 Å². The summed E-state index contributed by atoms with van der Waals surface area (Å²) < 4.78 is 40.8. The number of halogens is 1. The predicted octanol–water partition coefficient (Wildman–Crippen LogP) is 4.21. The third-order valence-corrected chi connectivity index (χ3v) is 6.44. The highest BCUT2D eigenvalue weighted by Crippen LogP contribution is 2.24. The Morgan fingerprint density at radius 1 is 1.00 bits per heavy atom. The molecule has 1 N–H and O–H groups in total. The molecule has 30 heavy (non-hydrogen) atoms. The summed E-state index contributed by atoms with van der Waals surface area (Å²) >= 11 is 0. The van der Waals surface area contributed by atoms with Crippen LogP contribution in [0.1, 0.15) is 24.1 Å². The van der Waals surface area contributed by atoms with Crippen LogP contribution in [-0.2, 0) is 14.8 Å². The summed E-state index contributed by atoms with van der Waals surface area (Å²) in [6.45, 7) is 3.23. The van der Waals surface area contributed by atoms with Crippen molar-refractivity contribution in [3.05, 3.63) is 95.8 Å². The van der Waals surface area contributed by atoms with Crippen LogP contribution < -0.4 is 9.62 Å². The molecule has 0 saturated heterocycles. The van der Waals surface area contributed by atoms with E-state index in [1.807, 2.05) is 13.0 Å². The highest BCUT2D eigenvalue weighted by molar-refractivity contribution is 7.92. The molecular formula is C23H23FN2O3S. The van der Waals surface area contributed by atoms with Crippen LogP contribution in [0.5, 0.6) is 0 Å². The number of hydrogen-bond donors (Lipinski definition) is 1. The van der Waals surface area contributed by atoms with E-state index in [4.69, 9.17) is 0 Å². The molecule has 0 aromatic heterocycles. The second-order valence-electron chi connectivity index (χ2n) is 7.00. The molecule has 0 spiro atoms. The zero-order valence-corrected chi connectivity index (χ0v) is 17.6. The van der Waals surface area contributed by atoms with E-state index in [0.29, 0.717) is 5.69 Å². The van der Waals surface area contributed by atoms with Gasteiger partial charge in [0.2, 0.25) is 5.91 Å². The topological polar surface area (TPSA) is 66.5 Å². The average molecular weight is 427 g/mol. The molecule has 0 radical (unpaired) electrons. The molecule has 156 valence electrons. The van der Waals surface area contributed by atoms with Gasteiger partial charge in [0.15, 0.2) is 0 Å². The van der Waals surface area contributed by atoms with Gasteiger partial charge in [0.05, 0.1) is 16.6 Å². The summed E-state index contributed by atoms with van der Waals surface area (Å²) in [6.07, 6.45) is 0. The normalized spacial score (nSPS) is 12.2. The molecule has 0 aliphatic heterocycles. The number of hydrogen-bond acceptors (Lipinski definition) is 3. The lowest BCUT2D eigenvalue weighted by atomic mass is 10.1. The summed E-state index contributed by atoms with van der Waals surface area (Å²) in [6, 6.07) is 20.4. The van der Waals surface area contributed by atoms with Gasteiger partial charge >= 0.3 is 0 Å². The van der Waals surface area contributed by atoms with E-state index in [1.165, 1.54) is 24.3 Å². The van der Waals surface area contributed by atoms with Crippen molar-refractivity contribution in [1.29, 1.82) is 0 Å². The molecule has 0 bridgehead atoms. The fraction of sp³-hybridized carbons (Fsp3) is 0.174. The Morgan fingerprint density at radius 2 is 1.67 bits per heavy atom. The number of amides is 1. The number of anilines is 1. The lowest BCUT2D eigenvalue weighted by Gasteiger charge is -2.25. The van der Waals surface area contributed by atoms with E-state index in [2.05, 4.69) is 5.32 Å². The molecule has 0 fully saturated rings. The van der Waals surface area contributed by atoms with E-state index in [0.717, 1.165) is 15.4 Å². The molecule has 1 amide bonds. The quantitative estimate of drug-likeness (QED) is 0.616. The van der Waals surface area contributed by atoms with E-state index in [9.17, 15) is 17.6 Å². The Morgan fingerprint density at radius 3 is 2.30 bits per heavy atom. The molecule has 3 aromatic carbocycles. The van der Waals surface area contributed by atoms with Gasteiger partial charge in [0, 0.05) is 0 Å². The van der Waals surface area contributed by atoms with E-state index in [1.54, 1.807) is 55.5 Å². The third kappa shape index (κ3) is 5.04. The second kappa shape index (κ2) is 9.09. The SMILES string of the molecule is Cc1cccc(N(CC(=O)NC(C)c2ccc(F)cc2)S(=O)(=O)c2ccccc2)c1. The van der Waals surface area contributed by atoms with Crippen molar-refractivity contribution in [2.24, 2.45) is 0 Å². The molecule has 0 aliphatic carbocycles. The minimum atomic E-state index is -3.95. The van der Waals surface area contributed by atoms with Gasteiger partial charge in [-0.05, 0) is 61.4 Å². The Labute approximate surface area is 176 Å². The van der Waals surface area contributed by atoms with Gasteiger partial charge in [-0.2, -0.15) is 0 Å². The van der Waals surface area contributed by atoms with E-state index < -0.39 is 22.0 Å². The summed E-state index contributed by atoms with van der Waals surface area (Å²) in [5, 5.41) is 2.79.